The van der Waals surface area contributed by atoms with Crippen molar-refractivity contribution in [2.75, 3.05) is 26.7 Å². The molecule has 1 aliphatic heterocycles. The summed E-state index contributed by atoms with van der Waals surface area (Å²) in [5.41, 5.74) is 4.92. The Morgan fingerprint density at radius 1 is 1.27 bits per heavy atom. The van der Waals surface area contributed by atoms with Gasteiger partial charge in [0.15, 0.2) is 11.6 Å². The predicted octanol–water partition coefficient (Wildman–Crippen LogP) is 1.14. The highest BCUT2D eigenvalue weighted by Crippen LogP contribution is 2.45. The number of methoxy groups -OCH3 is 1. The van der Waals surface area contributed by atoms with Crippen LogP contribution in [0.1, 0.15) is 43.0 Å². The number of hydrogen-bond donors (Lipinski definition) is 2. The van der Waals surface area contributed by atoms with E-state index in [1.807, 2.05) is 0 Å². The van der Waals surface area contributed by atoms with Gasteiger partial charge in [-0.2, -0.15) is 8.78 Å². The minimum atomic E-state index is -2.96. The molecule has 0 aromatic carbocycles. The molecule has 4 rings (SSSR count). The molecular formula is C19H25F3N4O4. The van der Waals surface area contributed by atoms with Crippen LogP contribution in [0.15, 0.2) is 15.4 Å². The Hall–Kier alpha value is -2.11. The molecule has 8 nitrogen and oxygen atoms in total. The molecule has 3 N–H and O–H groups in total. The van der Waals surface area contributed by atoms with E-state index >= 15 is 4.39 Å². The van der Waals surface area contributed by atoms with Gasteiger partial charge in [-0.1, -0.05) is 6.92 Å². The van der Waals surface area contributed by atoms with Crippen molar-refractivity contribution in [3.05, 3.63) is 37.9 Å². The van der Waals surface area contributed by atoms with Gasteiger partial charge in [0.25, 0.3) is 5.56 Å². The van der Waals surface area contributed by atoms with E-state index in [0.717, 1.165) is 12.8 Å². The second kappa shape index (κ2) is 7.86. The second-order valence-corrected chi connectivity index (χ2v) is 8.12. The zero-order valence-corrected chi connectivity index (χ0v) is 16.7. The Balaban J connectivity index is 1.80. The number of likely N-dealkylation sites (tertiary alicyclic amines) is 1. The number of alkyl halides is 2. The first-order valence-electron chi connectivity index (χ1n) is 9.98. The monoisotopic (exact) mass is 430 g/mol. The third kappa shape index (κ3) is 3.38. The third-order valence-corrected chi connectivity index (χ3v) is 6.29. The highest BCUT2D eigenvalue weighted by atomic mass is 19.3. The number of ether oxygens (including phenoxy) is 2. The van der Waals surface area contributed by atoms with Gasteiger partial charge in [-0.25, -0.2) is 9.18 Å². The highest BCUT2D eigenvalue weighted by molar-refractivity contribution is 5.67. The van der Waals surface area contributed by atoms with Crippen molar-refractivity contribution in [2.24, 2.45) is 11.7 Å². The summed E-state index contributed by atoms with van der Waals surface area (Å²) in [5.74, 6) is -1.88. The fourth-order valence-corrected chi connectivity index (χ4v) is 4.84. The number of rotatable bonds is 6. The number of halogens is 3. The zero-order valence-electron chi connectivity index (χ0n) is 16.7. The van der Waals surface area contributed by atoms with E-state index in [-0.39, 0.29) is 37.0 Å². The van der Waals surface area contributed by atoms with Crippen molar-refractivity contribution in [2.45, 2.75) is 50.5 Å². The molecule has 2 fully saturated rings. The first-order chi connectivity index (χ1) is 14.3. The van der Waals surface area contributed by atoms with Crippen LogP contribution < -0.4 is 17.0 Å². The summed E-state index contributed by atoms with van der Waals surface area (Å²) in [7, 11) is 1.26. The van der Waals surface area contributed by atoms with Gasteiger partial charge in [-0.3, -0.25) is 19.2 Å². The largest absolute Gasteiger partial charge is 0.493 e. The zero-order chi connectivity index (χ0) is 21.7. The lowest BCUT2D eigenvalue weighted by Gasteiger charge is -2.37. The van der Waals surface area contributed by atoms with Crippen LogP contribution in [0.2, 0.25) is 0 Å². The number of hydrogen-bond acceptors (Lipinski definition) is 6. The van der Waals surface area contributed by atoms with Crippen molar-refractivity contribution in [3.8, 4) is 0 Å². The first-order valence-corrected chi connectivity index (χ1v) is 9.98. The fourth-order valence-electron chi connectivity index (χ4n) is 4.84. The van der Waals surface area contributed by atoms with Crippen LogP contribution in [0.3, 0.4) is 0 Å². The van der Waals surface area contributed by atoms with Gasteiger partial charge in [-0.05, 0) is 19.4 Å². The summed E-state index contributed by atoms with van der Waals surface area (Å²) in [6.07, 6.45) is 0.730. The summed E-state index contributed by atoms with van der Waals surface area (Å²) in [6, 6.07) is -0.949. The number of fused-ring (bicyclic) bond motifs is 1. The number of nitrogens with one attached hydrogen (secondary N) is 1. The molecule has 0 radical (unpaired) electrons. The first kappa shape index (κ1) is 21.1. The van der Waals surface area contributed by atoms with E-state index in [1.165, 1.54) is 11.7 Å². The van der Waals surface area contributed by atoms with Gasteiger partial charge >= 0.3 is 12.3 Å². The summed E-state index contributed by atoms with van der Waals surface area (Å²) in [6.45, 7) is -0.814. The minimum Gasteiger partial charge on any atom is -0.493 e. The van der Waals surface area contributed by atoms with E-state index in [4.69, 9.17) is 15.2 Å². The maximum Gasteiger partial charge on any atom is 0.345 e. The van der Waals surface area contributed by atoms with E-state index in [2.05, 4.69) is 4.98 Å². The van der Waals surface area contributed by atoms with Crippen LogP contribution in [0.25, 0.3) is 5.76 Å². The number of H-pyrrole nitrogens is 1. The molecule has 1 aromatic heterocycles. The molecule has 166 valence electrons. The number of aromatic nitrogens is 2. The standard InChI is InChI=1S/C19H25F3N4O4/c1-8-14-12(17(27)24-19(28)26(14)10-3-4-10)16(29-2)13(20)15(8)25-6-9(5-23)11(7-25)30-18(21)22/h8-11,15,18H,3-7,23H2,1-2H3,(H,24,27,28). The van der Waals surface area contributed by atoms with Crippen molar-refractivity contribution in [1.82, 2.24) is 14.5 Å². The lowest BCUT2D eigenvalue weighted by atomic mass is 9.85. The normalized spacial score (nSPS) is 29.6. The van der Waals surface area contributed by atoms with Gasteiger partial charge in [0.1, 0.15) is 5.56 Å². The minimum absolute atomic E-state index is 0.0141. The van der Waals surface area contributed by atoms with Gasteiger partial charge in [0.2, 0.25) is 0 Å². The van der Waals surface area contributed by atoms with Crippen LogP contribution >= 0.6 is 0 Å². The summed E-state index contributed by atoms with van der Waals surface area (Å²) < 4.78 is 52.7. The average Bonchev–Trinajstić information content (AvgIpc) is 3.43. The van der Waals surface area contributed by atoms with E-state index < -0.39 is 47.7 Å². The summed E-state index contributed by atoms with van der Waals surface area (Å²) >= 11 is 0. The molecule has 1 saturated carbocycles. The van der Waals surface area contributed by atoms with Gasteiger partial charge in [-0.15, -0.1) is 0 Å². The maximum atomic E-state index is 15.6. The summed E-state index contributed by atoms with van der Waals surface area (Å²) in [4.78, 5) is 29.0. The van der Waals surface area contributed by atoms with Crippen LogP contribution in [0.4, 0.5) is 13.2 Å². The topological polar surface area (TPSA) is 103 Å². The van der Waals surface area contributed by atoms with Crippen molar-refractivity contribution >= 4 is 5.76 Å². The molecule has 1 saturated heterocycles. The van der Waals surface area contributed by atoms with E-state index in [9.17, 15) is 18.4 Å². The molecule has 0 amide bonds. The lowest BCUT2D eigenvalue weighted by Crippen LogP contribution is -2.46. The van der Waals surface area contributed by atoms with Gasteiger partial charge in [0.05, 0.1) is 19.3 Å². The number of aromatic amines is 1. The molecule has 4 unspecified atom stereocenters. The highest BCUT2D eigenvalue weighted by Gasteiger charge is 2.47. The molecule has 4 atom stereocenters. The van der Waals surface area contributed by atoms with Crippen LogP contribution in [0, 0.1) is 5.92 Å². The molecule has 3 aliphatic rings. The molecule has 0 bridgehead atoms. The Labute approximate surface area is 170 Å². The molecule has 1 aromatic rings. The summed E-state index contributed by atoms with van der Waals surface area (Å²) in [5, 5.41) is 0. The van der Waals surface area contributed by atoms with Crippen LogP contribution in [-0.4, -0.2) is 60.0 Å². The van der Waals surface area contributed by atoms with Crippen LogP contribution in [0.5, 0.6) is 0 Å². The molecule has 30 heavy (non-hydrogen) atoms. The number of nitrogens with zero attached hydrogens (tertiary/aromatic N) is 2. The molecule has 2 heterocycles. The maximum absolute atomic E-state index is 15.6. The quantitative estimate of drug-likeness (QED) is 0.702. The van der Waals surface area contributed by atoms with Gasteiger partial charge < -0.3 is 15.2 Å². The Bertz CT molecular complexity index is 972. The van der Waals surface area contributed by atoms with E-state index in [1.54, 1.807) is 11.8 Å². The lowest BCUT2D eigenvalue weighted by molar-refractivity contribution is -0.167. The predicted molar refractivity (Wildman–Crippen MR) is 102 cm³/mol. The molecule has 11 heteroatoms. The second-order valence-electron chi connectivity index (χ2n) is 8.12. The third-order valence-electron chi connectivity index (χ3n) is 6.29. The van der Waals surface area contributed by atoms with Crippen molar-refractivity contribution in [3.63, 3.8) is 0 Å². The average molecular weight is 430 g/mol. The number of nitrogens with two attached hydrogens (primary N) is 1. The SMILES string of the molecule is COC1=C(F)C(N2CC(CN)C(OC(F)F)C2)C(C)c2c1c(=O)[nH]c(=O)n2C1CC1. The Morgan fingerprint density at radius 3 is 2.53 bits per heavy atom. The molecule has 0 spiro atoms. The van der Waals surface area contributed by atoms with Crippen molar-refractivity contribution in [1.29, 1.82) is 0 Å². The Kier molecular flexibility index (Phi) is 5.54. The van der Waals surface area contributed by atoms with E-state index in [0.29, 0.717) is 5.69 Å². The Morgan fingerprint density at radius 2 is 1.97 bits per heavy atom. The van der Waals surface area contributed by atoms with Crippen LogP contribution in [-0.2, 0) is 9.47 Å². The molecular weight excluding hydrogens is 405 g/mol. The fraction of sp³-hybridized carbons (Fsp3) is 0.684. The smallest absolute Gasteiger partial charge is 0.345 e. The van der Waals surface area contributed by atoms with Gasteiger partial charge in [0, 0.05) is 36.7 Å². The molecule has 2 aliphatic carbocycles. The van der Waals surface area contributed by atoms with Crippen molar-refractivity contribution < 1.29 is 22.6 Å².